The third kappa shape index (κ3) is 4.37. The van der Waals surface area contributed by atoms with Crippen LogP contribution in [0.1, 0.15) is 38.5 Å². The normalized spacial score (nSPS) is 21.2. The van der Waals surface area contributed by atoms with E-state index in [2.05, 4.69) is 15.5 Å². The third-order valence-electron chi connectivity index (χ3n) is 4.48. The number of rotatable bonds is 7. The maximum absolute atomic E-state index is 11.7. The Labute approximate surface area is 119 Å². The van der Waals surface area contributed by atoms with E-state index in [0.717, 1.165) is 38.9 Å². The summed E-state index contributed by atoms with van der Waals surface area (Å²) >= 11 is 0. The molecular formula is C14H25N3O3. The number of carboxylic acids is 1. The minimum atomic E-state index is -0.777. The van der Waals surface area contributed by atoms with E-state index in [-0.39, 0.29) is 17.9 Å². The van der Waals surface area contributed by atoms with E-state index in [1.807, 2.05) is 0 Å². The van der Waals surface area contributed by atoms with Crippen molar-refractivity contribution < 1.29 is 14.7 Å². The van der Waals surface area contributed by atoms with E-state index in [0.29, 0.717) is 13.1 Å². The first-order valence-corrected chi connectivity index (χ1v) is 7.56. The molecule has 1 aliphatic heterocycles. The highest BCUT2D eigenvalue weighted by atomic mass is 16.4. The molecule has 1 saturated carbocycles. The topological polar surface area (TPSA) is 81.7 Å². The van der Waals surface area contributed by atoms with E-state index >= 15 is 0 Å². The summed E-state index contributed by atoms with van der Waals surface area (Å²) in [6.45, 7) is 4.27. The number of carboxylic acid groups (broad SMARTS) is 1. The Morgan fingerprint density at radius 2 is 1.80 bits per heavy atom. The lowest BCUT2D eigenvalue weighted by molar-refractivity contribution is -0.141. The summed E-state index contributed by atoms with van der Waals surface area (Å²) in [6, 6.07) is -0.180. The van der Waals surface area contributed by atoms with Crippen LogP contribution in [0.15, 0.2) is 0 Å². The van der Waals surface area contributed by atoms with E-state index in [9.17, 15) is 9.59 Å². The second-order valence-corrected chi connectivity index (χ2v) is 6.08. The molecule has 6 heteroatoms. The largest absolute Gasteiger partial charge is 0.481 e. The smallest absolute Gasteiger partial charge is 0.314 e. The second-order valence-electron chi connectivity index (χ2n) is 6.08. The van der Waals surface area contributed by atoms with Crippen molar-refractivity contribution >= 4 is 12.0 Å². The summed E-state index contributed by atoms with van der Waals surface area (Å²) in [5.74, 6) is -0.777. The van der Waals surface area contributed by atoms with Gasteiger partial charge in [0.1, 0.15) is 0 Å². The highest BCUT2D eigenvalue weighted by Crippen LogP contribution is 2.43. The van der Waals surface area contributed by atoms with Crippen molar-refractivity contribution in [2.75, 3.05) is 32.7 Å². The van der Waals surface area contributed by atoms with Gasteiger partial charge in [-0.3, -0.25) is 4.79 Å². The van der Waals surface area contributed by atoms with Crippen LogP contribution in [0.4, 0.5) is 4.79 Å². The molecule has 6 nitrogen and oxygen atoms in total. The number of carbonyl (C=O) groups excluding carboxylic acids is 1. The average Bonchev–Trinajstić information content (AvgIpc) is 2.85. The van der Waals surface area contributed by atoms with Crippen LogP contribution < -0.4 is 10.6 Å². The number of hydrogen-bond donors (Lipinski definition) is 3. The van der Waals surface area contributed by atoms with Gasteiger partial charge in [0.05, 0.1) is 6.42 Å². The van der Waals surface area contributed by atoms with Gasteiger partial charge in [-0.2, -0.15) is 0 Å². The van der Waals surface area contributed by atoms with Crippen LogP contribution in [0.3, 0.4) is 0 Å². The first-order valence-electron chi connectivity index (χ1n) is 7.56. The Morgan fingerprint density at radius 3 is 2.35 bits per heavy atom. The summed E-state index contributed by atoms with van der Waals surface area (Å²) in [4.78, 5) is 24.9. The molecule has 1 aliphatic carbocycles. The molecule has 0 atom stereocenters. The molecule has 20 heavy (non-hydrogen) atoms. The van der Waals surface area contributed by atoms with Crippen LogP contribution in [-0.4, -0.2) is 54.7 Å². The van der Waals surface area contributed by atoms with Crippen LogP contribution in [0.2, 0.25) is 0 Å². The molecule has 1 saturated heterocycles. The SMILES string of the molecule is O=C(O)CC1(CNC(=O)NCCN2CCCC2)CCC1. The van der Waals surface area contributed by atoms with Crippen LogP contribution >= 0.6 is 0 Å². The van der Waals surface area contributed by atoms with E-state index < -0.39 is 5.97 Å². The first-order chi connectivity index (χ1) is 9.60. The quantitative estimate of drug-likeness (QED) is 0.652. The molecule has 3 N–H and O–H groups in total. The Bertz CT molecular complexity index is 350. The third-order valence-corrected chi connectivity index (χ3v) is 4.48. The molecule has 0 radical (unpaired) electrons. The van der Waals surface area contributed by atoms with Crippen LogP contribution in [-0.2, 0) is 4.79 Å². The predicted octanol–water partition coefficient (Wildman–Crippen LogP) is 1.03. The van der Waals surface area contributed by atoms with Gasteiger partial charge in [-0.1, -0.05) is 6.42 Å². The number of carbonyl (C=O) groups is 2. The molecule has 1 heterocycles. The zero-order chi connectivity index (χ0) is 14.4. The average molecular weight is 283 g/mol. The number of urea groups is 1. The molecule has 0 aromatic carbocycles. The van der Waals surface area contributed by atoms with Crippen LogP contribution in [0.5, 0.6) is 0 Å². The molecule has 2 rings (SSSR count). The lowest BCUT2D eigenvalue weighted by Crippen LogP contribution is -2.47. The molecule has 0 aromatic heterocycles. The number of hydrogen-bond acceptors (Lipinski definition) is 3. The van der Waals surface area contributed by atoms with Crippen molar-refractivity contribution in [3.05, 3.63) is 0 Å². The van der Waals surface area contributed by atoms with Crippen molar-refractivity contribution in [1.82, 2.24) is 15.5 Å². The van der Waals surface area contributed by atoms with Crippen LogP contribution in [0, 0.1) is 5.41 Å². The number of nitrogens with zero attached hydrogens (tertiary/aromatic N) is 1. The van der Waals surface area contributed by atoms with Gasteiger partial charge in [0.25, 0.3) is 0 Å². The summed E-state index contributed by atoms with van der Waals surface area (Å²) < 4.78 is 0. The Hall–Kier alpha value is -1.30. The first kappa shape index (κ1) is 15.1. The molecule has 0 spiro atoms. The second kappa shape index (κ2) is 6.92. The van der Waals surface area contributed by atoms with Crippen molar-refractivity contribution in [2.24, 2.45) is 5.41 Å². The van der Waals surface area contributed by atoms with Crippen LogP contribution in [0.25, 0.3) is 0 Å². The van der Waals surface area contributed by atoms with Gasteiger partial charge in [-0.15, -0.1) is 0 Å². The minimum Gasteiger partial charge on any atom is -0.481 e. The zero-order valence-electron chi connectivity index (χ0n) is 12.0. The van der Waals surface area contributed by atoms with Gasteiger partial charge in [-0.05, 0) is 44.2 Å². The molecule has 0 unspecified atom stereocenters. The molecule has 2 aliphatic rings. The van der Waals surface area contributed by atoms with Crippen molar-refractivity contribution in [3.8, 4) is 0 Å². The predicted molar refractivity (Wildman–Crippen MR) is 75.6 cm³/mol. The van der Waals surface area contributed by atoms with Gasteiger partial charge < -0.3 is 20.6 Å². The Kier molecular flexibility index (Phi) is 5.23. The number of nitrogens with one attached hydrogen (secondary N) is 2. The molecule has 2 amide bonds. The van der Waals surface area contributed by atoms with Crippen molar-refractivity contribution in [3.63, 3.8) is 0 Å². The van der Waals surface area contributed by atoms with E-state index in [1.54, 1.807) is 0 Å². The lowest BCUT2D eigenvalue weighted by atomic mass is 9.66. The standard InChI is InChI=1S/C14H25N3O3/c18-12(19)10-14(4-3-5-14)11-16-13(20)15-6-9-17-7-1-2-8-17/h1-11H2,(H,18,19)(H2,15,16,20). The highest BCUT2D eigenvalue weighted by Gasteiger charge is 2.39. The van der Waals surface area contributed by atoms with E-state index in [4.69, 9.17) is 5.11 Å². The summed E-state index contributed by atoms with van der Waals surface area (Å²) in [5, 5.41) is 14.6. The van der Waals surface area contributed by atoms with Gasteiger partial charge in [0.15, 0.2) is 0 Å². The Balaban J connectivity index is 1.60. The molecule has 2 fully saturated rings. The summed E-state index contributed by atoms with van der Waals surface area (Å²) in [6.07, 6.45) is 5.52. The minimum absolute atomic E-state index is 0.154. The van der Waals surface area contributed by atoms with Gasteiger partial charge in [-0.25, -0.2) is 4.79 Å². The molecule has 0 bridgehead atoms. The number of likely N-dealkylation sites (tertiary alicyclic amines) is 1. The van der Waals surface area contributed by atoms with Gasteiger partial charge in [0, 0.05) is 19.6 Å². The fourth-order valence-corrected chi connectivity index (χ4v) is 3.08. The fourth-order valence-electron chi connectivity index (χ4n) is 3.08. The molecule has 0 aromatic rings. The van der Waals surface area contributed by atoms with Crippen molar-refractivity contribution in [1.29, 1.82) is 0 Å². The lowest BCUT2D eigenvalue weighted by Gasteiger charge is -2.40. The van der Waals surface area contributed by atoms with Gasteiger partial charge in [0.2, 0.25) is 0 Å². The number of amides is 2. The highest BCUT2D eigenvalue weighted by molar-refractivity contribution is 5.74. The van der Waals surface area contributed by atoms with Crippen molar-refractivity contribution in [2.45, 2.75) is 38.5 Å². The number of aliphatic carboxylic acids is 1. The van der Waals surface area contributed by atoms with Gasteiger partial charge >= 0.3 is 12.0 Å². The fraction of sp³-hybridized carbons (Fsp3) is 0.857. The molecule has 114 valence electrons. The molecular weight excluding hydrogens is 258 g/mol. The zero-order valence-corrected chi connectivity index (χ0v) is 12.0. The monoisotopic (exact) mass is 283 g/mol. The summed E-state index contributed by atoms with van der Waals surface area (Å²) in [7, 11) is 0. The maximum Gasteiger partial charge on any atom is 0.314 e. The summed E-state index contributed by atoms with van der Waals surface area (Å²) in [5.41, 5.74) is -0.210. The Morgan fingerprint density at radius 1 is 1.10 bits per heavy atom. The maximum atomic E-state index is 11.7. The van der Waals surface area contributed by atoms with E-state index in [1.165, 1.54) is 12.8 Å².